The molecule has 0 bridgehead atoms. The quantitative estimate of drug-likeness (QED) is 0.811. The molecule has 2 rings (SSSR count). The van der Waals surface area contributed by atoms with Gasteiger partial charge in [0.25, 0.3) is 0 Å². The highest BCUT2D eigenvalue weighted by Crippen LogP contribution is 2.17. The molecule has 1 aromatic heterocycles. The molecule has 0 amide bonds. The summed E-state index contributed by atoms with van der Waals surface area (Å²) in [6, 6.07) is 5.94. The monoisotopic (exact) mass is 282 g/mol. The maximum atomic E-state index is 12.6. The minimum atomic E-state index is -0.303. The first-order chi connectivity index (χ1) is 7.78. The number of ether oxygens (including phenoxy) is 1. The zero-order valence-electron chi connectivity index (χ0n) is 8.23. The van der Waals surface area contributed by atoms with E-state index < -0.39 is 0 Å². The van der Waals surface area contributed by atoms with Crippen LogP contribution in [-0.4, -0.2) is 9.97 Å². The number of halogens is 2. The number of nitrogens with zero attached hydrogens (tertiary/aromatic N) is 2. The number of benzene rings is 1. The highest BCUT2D eigenvalue weighted by molar-refractivity contribution is 9.08. The topological polar surface area (TPSA) is 35.0 Å². The molecule has 16 heavy (non-hydrogen) atoms. The van der Waals surface area contributed by atoms with Gasteiger partial charge < -0.3 is 4.74 Å². The lowest BCUT2D eigenvalue weighted by Crippen LogP contribution is -1.92. The van der Waals surface area contributed by atoms with Gasteiger partial charge in [-0.3, -0.25) is 0 Å². The molecule has 3 nitrogen and oxygen atoms in total. The fourth-order valence-corrected chi connectivity index (χ4v) is 1.36. The molecule has 0 unspecified atom stereocenters. The summed E-state index contributed by atoms with van der Waals surface area (Å²) >= 11 is 3.29. The van der Waals surface area contributed by atoms with Gasteiger partial charge in [0.2, 0.25) is 0 Å². The zero-order chi connectivity index (χ0) is 11.4. The standard InChI is InChI=1S/C11H8BrFN2O/c12-5-8-6-14-11(15-7-8)16-10-3-1-9(13)2-4-10/h1-4,6-7H,5H2. The summed E-state index contributed by atoms with van der Waals surface area (Å²) in [6.45, 7) is 0. The first-order valence-electron chi connectivity index (χ1n) is 4.58. The molecule has 0 saturated heterocycles. The van der Waals surface area contributed by atoms with Gasteiger partial charge in [0.15, 0.2) is 0 Å². The Morgan fingerprint density at radius 3 is 2.31 bits per heavy atom. The summed E-state index contributed by atoms with van der Waals surface area (Å²) in [5.74, 6) is 0.205. The number of aromatic nitrogens is 2. The van der Waals surface area contributed by atoms with Gasteiger partial charge in [0.05, 0.1) is 0 Å². The van der Waals surface area contributed by atoms with Crippen LogP contribution in [0.2, 0.25) is 0 Å². The zero-order valence-corrected chi connectivity index (χ0v) is 9.82. The average Bonchev–Trinajstić information content (AvgIpc) is 2.33. The summed E-state index contributed by atoms with van der Waals surface area (Å²) in [7, 11) is 0. The number of rotatable bonds is 3. The van der Waals surface area contributed by atoms with Crippen LogP contribution in [0.3, 0.4) is 0 Å². The van der Waals surface area contributed by atoms with Gasteiger partial charge in [-0.15, -0.1) is 0 Å². The predicted octanol–water partition coefficient (Wildman–Crippen LogP) is 3.30. The van der Waals surface area contributed by atoms with Crippen molar-refractivity contribution >= 4 is 15.9 Å². The van der Waals surface area contributed by atoms with E-state index in [0.717, 1.165) is 5.56 Å². The third kappa shape index (κ3) is 2.76. The van der Waals surface area contributed by atoms with Gasteiger partial charge in [0.1, 0.15) is 11.6 Å². The summed E-state index contributed by atoms with van der Waals surface area (Å²) in [4.78, 5) is 8.02. The Morgan fingerprint density at radius 2 is 1.75 bits per heavy atom. The van der Waals surface area contributed by atoms with Gasteiger partial charge in [0, 0.05) is 17.7 Å². The van der Waals surface area contributed by atoms with Crippen LogP contribution >= 0.6 is 15.9 Å². The molecular weight excluding hydrogens is 275 g/mol. The predicted molar refractivity (Wildman–Crippen MR) is 61.1 cm³/mol. The molecule has 0 aliphatic carbocycles. The van der Waals surface area contributed by atoms with Crippen molar-refractivity contribution in [2.75, 3.05) is 0 Å². The second-order valence-corrected chi connectivity index (χ2v) is 3.62. The minimum Gasteiger partial charge on any atom is -0.424 e. The third-order valence-corrected chi connectivity index (χ3v) is 2.51. The van der Waals surface area contributed by atoms with E-state index in [9.17, 15) is 4.39 Å². The summed E-state index contributed by atoms with van der Waals surface area (Å²) in [6.07, 6.45) is 3.33. The molecule has 0 N–H and O–H groups in total. The van der Waals surface area contributed by atoms with E-state index in [2.05, 4.69) is 25.9 Å². The van der Waals surface area contributed by atoms with Crippen molar-refractivity contribution < 1.29 is 9.13 Å². The van der Waals surface area contributed by atoms with Gasteiger partial charge >= 0.3 is 6.01 Å². The lowest BCUT2D eigenvalue weighted by Gasteiger charge is -2.03. The smallest absolute Gasteiger partial charge is 0.321 e. The normalized spacial score (nSPS) is 10.1. The van der Waals surface area contributed by atoms with E-state index in [0.29, 0.717) is 11.1 Å². The third-order valence-electron chi connectivity index (χ3n) is 1.86. The first-order valence-corrected chi connectivity index (χ1v) is 5.70. The summed E-state index contributed by atoms with van der Waals surface area (Å²) < 4.78 is 18.0. The Morgan fingerprint density at radius 1 is 1.12 bits per heavy atom. The molecule has 1 aromatic carbocycles. The lowest BCUT2D eigenvalue weighted by molar-refractivity contribution is 0.440. The number of hydrogen-bond acceptors (Lipinski definition) is 3. The van der Waals surface area contributed by atoms with Gasteiger partial charge in [-0.05, 0) is 29.8 Å². The molecular formula is C11H8BrFN2O. The second-order valence-electron chi connectivity index (χ2n) is 3.06. The van der Waals surface area contributed by atoms with E-state index in [1.807, 2.05) is 0 Å². The fraction of sp³-hybridized carbons (Fsp3) is 0.0909. The van der Waals surface area contributed by atoms with Crippen LogP contribution in [0.4, 0.5) is 4.39 Å². The second kappa shape index (κ2) is 5.03. The molecule has 0 radical (unpaired) electrons. The SMILES string of the molecule is Fc1ccc(Oc2ncc(CBr)cn2)cc1. The largest absolute Gasteiger partial charge is 0.424 e. The average molecular weight is 283 g/mol. The van der Waals surface area contributed by atoms with Crippen LogP contribution in [0, 0.1) is 5.82 Å². The van der Waals surface area contributed by atoms with Crippen LogP contribution in [-0.2, 0) is 5.33 Å². The number of hydrogen-bond donors (Lipinski definition) is 0. The Bertz CT molecular complexity index is 458. The Balaban J connectivity index is 2.11. The molecule has 0 aliphatic rings. The summed E-state index contributed by atoms with van der Waals surface area (Å²) in [5.41, 5.74) is 0.964. The minimum absolute atomic E-state index is 0.247. The van der Waals surface area contributed by atoms with Crippen molar-refractivity contribution in [1.82, 2.24) is 9.97 Å². The summed E-state index contributed by atoms with van der Waals surface area (Å²) in [5, 5.41) is 0.698. The Kier molecular flexibility index (Phi) is 3.46. The maximum absolute atomic E-state index is 12.6. The van der Waals surface area contributed by atoms with Crippen LogP contribution in [0.15, 0.2) is 36.7 Å². The molecule has 0 atom stereocenters. The lowest BCUT2D eigenvalue weighted by atomic mass is 10.3. The van der Waals surface area contributed by atoms with Crippen molar-refractivity contribution in [3.8, 4) is 11.8 Å². The molecule has 0 saturated carbocycles. The van der Waals surface area contributed by atoms with E-state index in [1.54, 1.807) is 12.4 Å². The van der Waals surface area contributed by atoms with Crippen LogP contribution in [0.5, 0.6) is 11.8 Å². The van der Waals surface area contributed by atoms with E-state index in [-0.39, 0.29) is 11.8 Å². The van der Waals surface area contributed by atoms with Gasteiger partial charge in [-0.25, -0.2) is 14.4 Å². The van der Waals surface area contributed by atoms with Crippen LogP contribution in [0.1, 0.15) is 5.56 Å². The van der Waals surface area contributed by atoms with Gasteiger partial charge in [-0.2, -0.15) is 0 Å². The Labute approximate surface area is 100 Å². The molecule has 5 heteroatoms. The molecule has 0 spiro atoms. The highest BCUT2D eigenvalue weighted by atomic mass is 79.9. The van der Waals surface area contributed by atoms with E-state index in [4.69, 9.17) is 4.74 Å². The molecule has 0 aliphatic heterocycles. The van der Waals surface area contributed by atoms with E-state index in [1.165, 1.54) is 24.3 Å². The number of alkyl halides is 1. The van der Waals surface area contributed by atoms with Crippen molar-refractivity contribution in [3.05, 3.63) is 48.0 Å². The highest BCUT2D eigenvalue weighted by Gasteiger charge is 2.00. The van der Waals surface area contributed by atoms with Crippen molar-refractivity contribution in [1.29, 1.82) is 0 Å². The van der Waals surface area contributed by atoms with Gasteiger partial charge in [-0.1, -0.05) is 15.9 Å². The van der Waals surface area contributed by atoms with E-state index >= 15 is 0 Å². The molecule has 1 heterocycles. The first kappa shape index (κ1) is 11.0. The maximum Gasteiger partial charge on any atom is 0.321 e. The molecule has 2 aromatic rings. The molecule has 82 valence electrons. The fourth-order valence-electron chi connectivity index (χ4n) is 1.07. The van der Waals surface area contributed by atoms with Crippen LogP contribution in [0.25, 0.3) is 0 Å². The van der Waals surface area contributed by atoms with Crippen molar-refractivity contribution in [2.24, 2.45) is 0 Å². The molecule has 0 fully saturated rings. The van der Waals surface area contributed by atoms with Crippen molar-refractivity contribution in [3.63, 3.8) is 0 Å². The van der Waals surface area contributed by atoms with Crippen molar-refractivity contribution in [2.45, 2.75) is 5.33 Å². The van der Waals surface area contributed by atoms with Crippen LogP contribution < -0.4 is 4.74 Å². The Hall–Kier alpha value is -1.49.